The van der Waals surface area contributed by atoms with E-state index in [1.807, 2.05) is 6.07 Å². The van der Waals surface area contributed by atoms with Crippen LogP contribution in [0.25, 0.3) is 0 Å². The smallest absolute Gasteiger partial charge is 0.146 e. The van der Waals surface area contributed by atoms with Crippen LogP contribution in [-0.2, 0) is 11.3 Å². The lowest BCUT2D eigenvalue weighted by molar-refractivity contribution is 0.139. The third-order valence-corrected chi connectivity index (χ3v) is 3.97. The molecule has 1 aromatic carbocycles. The van der Waals surface area contributed by atoms with Crippen molar-refractivity contribution in [2.24, 2.45) is 5.92 Å². The van der Waals surface area contributed by atoms with Crippen LogP contribution in [0.3, 0.4) is 0 Å². The summed E-state index contributed by atoms with van der Waals surface area (Å²) in [6, 6.07) is 5.37. The SMILES string of the molecule is CCNCc1cccc(F)c1N1CCC(COC)CC1. The molecule has 1 fully saturated rings. The Bertz CT molecular complexity index is 417. The van der Waals surface area contributed by atoms with Gasteiger partial charge in [0.1, 0.15) is 5.82 Å². The van der Waals surface area contributed by atoms with E-state index in [-0.39, 0.29) is 5.82 Å². The Morgan fingerprint density at radius 1 is 1.35 bits per heavy atom. The summed E-state index contributed by atoms with van der Waals surface area (Å²) in [7, 11) is 1.75. The van der Waals surface area contributed by atoms with Crippen molar-refractivity contribution in [2.75, 3.05) is 38.3 Å². The molecule has 0 saturated carbocycles. The second-order valence-corrected chi connectivity index (χ2v) is 5.41. The van der Waals surface area contributed by atoms with E-state index in [9.17, 15) is 4.39 Å². The van der Waals surface area contributed by atoms with Gasteiger partial charge in [0, 0.05) is 33.4 Å². The molecule has 0 unspecified atom stereocenters. The molecule has 0 bridgehead atoms. The predicted octanol–water partition coefficient (Wildman–Crippen LogP) is 2.80. The van der Waals surface area contributed by atoms with Crippen LogP contribution in [0.15, 0.2) is 18.2 Å². The van der Waals surface area contributed by atoms with Gasteiger partial charge in [-0.2, -0.15) is 0 Å². The van der Waals surface area contributed by atoms with Crippen molar-refractivity contribution in [3.05, 3.63) is 29.6 Å². The van der Waals surface area contributed by atoms with Crippen LogP contribution in [0.4, 0.5) is 10.1 Å². The minimum absolute atomic E-state index is 0.106. The molecule has 4 heteroatoms. The average Bonchev–Trinajstić information content (AvgIpc) is 2.47. The molecule has 20 heavy (non-hydrogen) atoms. The van der Waals surface area contributed by atoms with Gasteiger partial charge in [-0.25, -0.2) is 4.39 Å². The summed E-state index contributed by atoms with van der Waals surface area (Å²) in [4.78, 5) is 2.19. The highest BCUT2D eigenvalue weighted by molar-refractivity contribution is 5.55. The number of rotatable bonds is 6. The van der Waals surface area contributed by atoms with Gasteiger partial charge in [-0.15, -0.1) is 0 Å². The molecule has 0 amide bonds. The Morgan fingerprint density at radius 3 is 2.75 bits per heavy atom. The van der Waals surface area contributed by atoms with Crippen molar-refractivity contribution < 1.29 is 9.13 Å². The number of benzene rings is 1. The highest BCUT2D eigenvalue weighted by Crippen LogP contribution is 2.29. The molecule has 0 spiro atoms. The molecule has 112 valence electrons. The van der Waals surface area contributed by atoms with E-state index < -0.39 is 0 Å². The maximum atomic E-state index is 14.2. The van der Waals surface area contributed by atoms with Crippen LogP contribution in [0.1, 0.15) is 25.3 Å². The fourth-order valence-corrected chi connectivity index (χ4v) is 2.88. The number of halogens is 1. The maximum absolute atomic E-state index is 14.2. The van der Waals surface area contributed by atoms with Gasteiger partial charge in [0.25, 0.3) is 0 Å². The van der Waals surface area contributed by atoms with E-state index >= 15 is 0 Å². The number of anilines is 1. The Morgan fingerprint density at radius 2 is 2.10 bits per heavy atom. The van der Waals surface area contributed by atoms with Gasteiger partial charge in [-0.1, -0.05) is 19.1 Å². The first kappa shape index (κ1) is 15.3. The molecule has 1 aliphatic rings. The Kier molecular flexibility index (Phi) is 5.80. The fraction of sp³-hybridized carbons (Fsp3) is 0.625. The minimum Gasteiger partial charge on any atom is -0.384 e. The van der Waals surface area contributed by atoms with Crippen molar-refractivity contribution in [3.8, 4) is 0 Å². The molecule has 0 aliphatic carbocycles. The number of piperidine rings is 1. The van der Waals surface area contributed by atoms with Crippen LogP contribution in [0.5, 0.6) is 0 Å². The van der Waals surface area contributed by atoms with Gasteiger partial charge in [0.05, 0.1) is 5.69 Å². The molecular weight excluding hydrogens is 255 g/mol. The Hall–Kier alpha value is -1.13. The number of hydrogen-bond donors (Lipinski definition) is 1. The summed E-state index contributed by atoms with van der Waals surface area (Å²) in [5.41, 5.74) is 1.83. The molecule has 0 aromatic heterocycles. The van der Waals surface area contributed by atoms with Crippen LogP contribution >= 0.6 is 0 Å². The van der Waals surface area contributed by atoms with E-state index in [0.29, 0.717) is 5.92 Å². The Labute approximate surface area is 121 Å². The highest BCUT2D eigenvalue weighted by atomic mass is 19.1. The van der Waals surface area contributed by atoms with Gasteiger partial charge in [0.2, 0.25) is 0 Å². The molecule has 1 heterocycles. The zero-order valence-corrected chi connectivity index (χ0v) is 12.5. The third-order valence-electron chi connectivity index (χ3n) is 3.97. The van der Waals surface area contributed by atoms with Crippen molar-refractivity contribution in [2.45, 2.75) is 26.3 Å². The summed E-state index contributed by atoms with van der Waals surface area (Å²) in [5.74, 6) is 0.505. The third kappa shape index (κ3) is 3.70. The van der Waals surface area contributed by atoms with Gasteiger partial charge < -0.3 is 15.0 Å². The van der Waals surface area contributed by atoms with Crippen molar-refractivity contribution in [1.82, 2.24) is 5.32 Å². The summed E-state index contributed by atoms with van der Waals surface area (Å²) in [6.45, 7) is 6.32. The summed E-state index contributed by atoms with van der Waals surface area (Å²) in [5, 5.41) is 3.29. The maximum Gasteiger partial charge on any atom is 0.146 e. The minimum atomic E-state index is -0.106. The van der Waals surface area contributed by atoms with E-state index in [1.54, 1.807) is 19.2 Å². The van der Waals surface area contributed by atoms with E-state index in [4.69, 9.17) is 4.74 Å². The fourth-order valence-electron chi connectivity index (χ4n) is 2.88. The lowest BCUT2D eigenvalue weighted by Gasteiger charge is -2.34. The Balaban J connectivity index is 2.08. The first-order valence-electron chi connectivity index (χ1n) is 7.48. The van der Waals surface area contributed by atoms with Gasteiger partial charge in [-0.05, 0) is 36.9 Å². The first-order chi connectivity index (χ1) is 9.76. The monoisotopic (exact) mass is 280 g/mol. The summed E-state index contributed by atoms with van der Waals surface area (Å²) < 4.78 is 19.4. The van der Waals surface area contributed by atoms with Crippen LogP contribution < -0.4 is 10.2 Å². The number of methoxy groups -OCH3 is 1. The molecule has 1 aliphatic heterocycles. The topological polar surface area (TPSA) is 24.5 Å². The summed E-state index contributed by atoms with van der Waals surface area (Å²) in [6.07, 6.45) is 2.14. The highest BCUT2D eigenvalue weighted by Gasteiger charge is 2.23. The van der Waals surface area contributed by atoms with Gasteiger partial charge in [0.15, 0.2) is 0 Å². The molecule has 0 radical (unpaired) electrons. The van der Waals surface area contributed by atoms with Crippen molar-refractivity contribution in [3.63, 3.8) is 0 Å². The van der Waals surface area contributed by atoms with Crippen molar-refractivity contribution in [1.29, 1.82) is 0 Å². The number of para-hydroxylation sites is 1. The molecule has 0 atom stereocenters. The second kappa shape index (κ2) is 7.60. The molecule has 2 rings (SSSR count). The largest absolute Gasteiger partial charge is 0.384 e. The van der Waals surface area contributed by atoms with Gasteiger partial charge in [-0.3, -0.25) is 0 Å². The number of hydrogen-bond acceptors (Lipinski definition) is 3. The normalized spacial score (nSPS) is 16.6. The number of nitrogens with one attached hydrogen (secondary N) is 1. The zero-order valence-electron chi connectivity index (χ0n) is 12.5. The number of nitrogens with zero attached hydrogens (tertiary/aromatic N) is 1. The lowest BCUT2D eigenvalue weighted by atomic mass is 9.96. The first-order valence-corrected chi connectivity index (χ1v) is 7.48. The standard InChI is InChI=1S/C16H25FN2O/c1-3-18-11-14-5-4-6-15(17)16(14)19-9-7-13(8-10-19)12-20-2/h4-6,13,18H,3,7-12H2,1-2H3. The quantitative estimate of drug-likeness (QED) is 0.867. The molecule has 1 aromatic rings. The second-order valence-electron chi connectivity index (χ2n) is 5.41. The zero-order chi connectivity index (χ0) is 14.4. The molecular formula is C16H25FN2O. The van der Waals surface area contributed by atoms with Gasteiger partial charge >= 0.3 is 0 Å². The molecule has 1 N–H and O–H groups in total. The summed E-state index contributed by atoms with van der Waals surface area (Å²) >= 11 is 0. The van der Waals surface area contributed by atoms with Crippen LogP contribution in [0, 0.1) is 11.7 Å². The molecule has 1 saturated heterocycles. The van der Waals surface area contributed by atoms with E-state index in [0.717, 1.165) is 56.9 Å². The van der Waals surface area contributed by atoms with Crippen molar-refractivity contribution >= 4 is 5.69 Å². The van der Waals surface area contributed by atoms with Crippen LogP contribution in [-0.4, -0.2) is 33.4 Å². The van der Waals surface area contributed by atoms with E-state index in [2.05, 4.69) is 17.1 Å². The average molecular weight is 280 g/mol. The lowest BCUT2D eigenvalue weighted by Crippen LogP contribution is -2.36. The van der Waals surface area contributed by atoms with E-state index in [1.165, 1.54) is 0 Å². The van der Waals surface area contributed by atoms with Crippen LogP contribution in [0.2, 0.25) is 0 Å². The number of ether oxygens (including phenoxy) is 1. The predicted molar refractivity (Wildman–Crippen MR) is 80.6 cm³/mol. The molecule has 3 nitrogen and oxygen atoms in total.